The van der Waals surface area contributed by atoms with E-state index in [-0.39, 0.29) is 17.1 Å². The number of amides is 1. The molecule has 0 radical (unpaired) electrons. The van der Waals surface area contributed by atoms with Gasteiger partial charge in [-0.25, -0.2) is 5.43 Å². The van der Waals surface area contributed by atoms with Crippen LogP contribution in [0, 0.1) is 0 Å². The van der Waals surface area contributed by atoms with Crippen LogP contribution in [0.4, 0.5) is 0 Å². The first-order chi connectivity index (χ1) is 17.3. The van der Waals surface area contributed by atoms with Crippen molar-refractivity contribution in [2.75, 3.05) is 12.9 Å². The predicted molar refractivity (Wildman–Crippen MR) is 143 cm³/mol. The smallest absolute Gasteiger partial charge is 0.250 e. The van der Waals surface area contributed by atoms with Crippen LogP contribution in [0.2, 0.25) is 0 Å². The van der Waals surface area contributed by atoms with Gasteiger partial charge in [-0.05, 0) is 52.9 Å². The molecular formula is C27H28N6O2S. The van der Waals surface area contributed by atoms with Gasteiger partial charge in [0.1, 0.15) is 5.75 Å². The zero-order valence-electron chi connectivity index (χ0n) is 20.7. The summed E-state index contributed by atoms with van der Waals surface area (Å²) in [5, 5.41) is 13.5. The molecule has 0 saturated carbocycles. The lowest BCUT2D eigenvalue weighted by atomic mass is 9.87. The SMILES string of the molecule is COc1ccc(-n2c(SCC(=O)N/N=C\c3ccncc3)nnc2-c2ccc(C(C)(C)C)cc2)cc1. The summed E-state index contributed by atoms with van der Waals surface area (Å²) in [4.78, 5) is 16.4. The number of benzene rings is 2. The second kappa shape index (κ2) is 11.2. The summed E-state index contributed by atoms with van der Waals surface area (Å²) in [7, 11) is 1.63. The molecule has 0 fully saturated rings. The van der Waals surface area contributed by atoms with Gasteiger partial charge in [0.05, 0.1) is 19.1 Å². The van der Waals surface area contributed by atoms with Crippen molar-refractivity contribution >= 4 is 23.9 Å². The van der Waals surface area contributed by atoms with Crippen LogP contribution in [0.3, 0.4) is 0 Å². The molecule has 36 heavy (non-hydrogen) atoms. The molecular weight excluding hydrogens is 472 g/mol. The minimum atomic E-state index is -0.245. The van der Waals surface area contributed by atoms with Gasteiger partial charge in [0.2, 0.25) is 0 Å². The standard InChI is InChI=1S/C27H28N6O2S/c1-27(2,3)21-7-5-20(6-8-21)25-31-32-26(33(25)22-9-11-23(35-4)12-10-22)36-18-24(34)30-29-17-19-13-15-28-16-14-19/h5-17H,18H2,1-4H3,(H,30,34)/b29-17-. The number of hydrazone groups is 1. The number of carbonyl (C=O) groups excluding carboxylic acids is 1. The highest BCUT2D eigenvalue weighted by molar-refractivity contribution is 7.99. The highest BCUT2D eigenvalue weighted by Gasteiger charge is 2.19. The van der Waals surface area contributed by atoms with E-state index in [2.05, 4.69) is 70.7 Å². The Labute approximate surface area is 214 Å². The molecule has 4 aromatic rings. The Kier molecular flexibility index (Phi) is 7.80. The molecule has 2 aromatic heterocycles. The normalized spacial score (nSPS) is 11.6. The van der Waals surface area contributed by atoms with Crippen LogP contribution in [0.25, 0.3) is 17.1 Å². The van der Waals surface area contributed by atoms with Gasteiger partial charge in [0, 0.05) is 23.6 Å². The van der Waals surface area contributed by atoms with E-state index in [4.69, 9.17) is 4.74 Å². The molecule has 1 amide bonds. The number of nitrogens with zero attached hydrogens (tertiary/aromatic N) is 5. The van der Waals surface area contributed by atoms with Crippen molar-refractivity contribution in [3.05, 3.63) is 84.2 Å². The zero-order valence-corrected chi connectivity index (χ0v) is 21.5. The van der Waals surface area contributed by atoms with Crippen LogP contribution in [-0.4, -0.2) is 44.7 Å². The van der Waals surface area contributed by atoms with Crippen molar-refractivity contribution in [2.45, 2.75) is 31.3 Å². The van der Waals surface area contributed by atoms with Crippen molar-refractivity contribution < 1.29 is 9.53 Å². The summed E-state index contributed by atoms with van der Waals surface area (Å²) in [6.45, 7) is 6.55. The van der Waals surface area contributed by atoms with Crippen LogP contribution >= 0.6 is 11.8 Å². The minimum absolute atomic E-state index is 0.0520. The Morgan fingerprint density at radius 3 is 2.36 bits per heavy atom. The number of ether oxygens (including phenoxy) is 1. The van der Waals surface area contributed by atoms with E-state index in [1.165, 1.54) is 17.3 Å². The highest BCUT2D eigenvalue weighted by atomic mass is 32.2. The summed E-state index contributed by atoms with van der Waals surface area (Å²) in [6, 6.07) is 19.6. The van der Waals surface area contributed by atoms with E-state index in [0.29, 0.717) is 11.0 Å². The number of pyridine rings is 1. The summed E-state index contributed by atoms with van der Waals surface area (Å²) in [5.41, 5.74) is 6.49. The zero-order chi connectivity index (χ0) is 25.5. The first-order valence-electron chi connectivity index (χ1n) is 11.4. The molecule has 0 spiro atoms. The van der Waals surface area contributed by atoms with Gasteiger partial charge >= 0.3 is 0 Å². The fraction of sp³-hybridized carbons (Fsp3) is 0.222. The lowest BCUT2D eigenvalue weighted by molar-refractivity contribution is -0.118. The number of nitrogens with one attached hydrogen (secondary N) is 1. The molecule has 0 saturated heterocycles. The van der Waals surface area contributed by atoms with Crippen molar-refractivity contribution in [3.63, 3.8) is 0 Å². The number of carbonyl (C=O) groups is 1. The number of hydrogen-bond acceptors (Lipinski definition) is 7. The van der Waals surface area contributed by atoms with Crippen LogP contribution in [0.15, 0.2) is 83.3 Å². The van der Waals surface area contributed by atoms with Gasteiger partial charge in [-0.15, -0.1) is 10.2 Å². The second-order valence-electron chi connectivity index (χ2n) is 9.03. The number of thioether (sulfide) groups is 1. The van der Waals surface area contributed by atoms with Gasteiger partial charge in [-0.3, -0.25) is 14.3 Å². The van der Waals surface area contributed by atoms with Crippen molar-refractivity contribution in [3.8, 4) is 22.8 Å². The van der Waals surface area contributed by atoms with Crippen LogP contribution in [-0.2, 0) is 10.2 Å². The molecule has 0 aliphatic heterocycles. The summed E-state index contributed by atoms with van der Waals surface area (Å²) >= 11 is 1.29. The molecule has 9 heteroatoms. The van der Waals surface area contributed by atoms with Gasteiger partial charge in [0.15, 0.2) is 11.0 Å². The van der Waals surface area contributed by atoms with E-state index < -0.39 is 0 Å². The summed E-state index contributed by atoms with van der Waals surface area (Å²) < 4.78 is 7.26. The Morgan fingerprint density at radius 2 is 1.72 bits per heavy atom. The van der Waals surface area contributed by atoms with E-state index in [1.807, 2.05) is 28.8 Å². The average molecular weight is 501 g/mol. The van der Waals surface area contributed by atoms with E-state index in [0.717, 1.165) is 22.6 Å². The third kappa shape index (κ3) is 6.17. The number of hydrogen-bond donors (Lipinski definition) is 1. The van der Waals surface area contributed by atoms with Gasteiger partial charge in [-0.2, -0.15) is 5.10 Å². The lowest BCUT2D eigenvalue weighted by Crippen LogP contribution is -2.20. The fourth-order valence-corrected chi connectivity index (χ4v) is 4.17. The van der Waals surface area contributed by atoms with Crippen molar-refractivity contribution in [2.24, 2.45) is 5.10 Å². The Bertz CT molecular complexity index is 1330. The third-order valence-corrected chi connectivity index (χ3v) is 6.34. The first-order valence-corrected chi connectivity index (χ1v) is 12.4. The fourth-order valence-electron chi connectivity index (χ4n) is 3.42. The van der Waals surface area contributed by atoms with E-state index in [1.54, 1.807) is 37.9 Å². The molecule has 184 valence electrons. The van der Waals surface area contributed by atoms with Crippen LogP contribution in [0.5, 0.6) is 5.75 Å². The highest BCUT2D eigenvalue weighted by Crippen LogP contribution is 2.30. The molecule has 0 aliphatic rings. The maximum atomic E-state index is 12.4. The Hall–Kier alpha value is -3.98. The number of rotatable bonds is 8. The molecule has 0 bridgehead atoms. The molecule has 8 nitrogen and oxygen atoms in total. The molecule has 0 atom stereocenters. The topological polar surface area (TPSA) is 94.3 Å². The average Bonchev–Trinajstić information content (AvgIpc) is 3.31. The largest absolute Gasteiger partial charge is 0.497 e. The van der Waals surface area contributed by atoms with Crippen molar-refractivity contribution in [1.82, 2.24) is 25.2 Å². The van der Waals surface area contributed by atoms with Gasteiger partial charge < -0.3 is 4.74 Å². The molecule has 4 rings (SSSR count). The number of methoxy groups -OCH3 is 1. The lowest BCUT2D eigenvalue weighted by Gasteiger charge is -2.19. The monoisotopic (exact) mass is 500 g/mol. The van der Waals surface area contributed by atoms with Gasteiger partial charge in [0.25, 0.3) is 5.91 Å². The number of aromatic nitrogens is 4. The molecule has 0 aliphatic carbocycles. The maximum absolute atomic E-state index is 12.4. The maximum Gasteiger partial charge on any atom is 0.250 e. The predicted octanol–water partition coefficient (Wildman–Crippen LogP) is 4.88. The Balaban J connectivity index is 1.56. The summed E-state index contributed by atoms with van der Waals surface area (Å²) in [5.74, 6) is 1.33. The van der Waals surface area contributed by atoms with Crippen molar-refractivity contribution in [1.29, 1.82) is 0 Å². The van der Waals surface area contributed by atoms with Gasteiger partial charge in [-0.1, -0.05) is 56.8 Å². The minimum Gasteiger partial charge on any atom is -0.497 e. The van der Waals surface area contributed by atoms with Crippen LogP contribution in [0.1, 0.15) is 31.9 Å². The molecule has 1 N–H and O–H groups in total. The molecule has 2 heterocycles. The second-order valence-corrected chi connectivity index (χ2v) is 9.97. The summed E-state index contributed by atoms with van der Waals surface area (Å²) in [6.07, 6.45) is 4.90. The quantitative estimate of drug-likeness (QED) is 0.211. The Morgan fingerprint density at radius 1 is 1.03 bits per heavy atom. The van der Waals surface area contributed by atoms with E-state index >= 15 is 0 Å². The molecule has 2 aromatic carbocycles. The first kappa shape index (κ1) is 25.1. The van der Waals surface area contributed by atoms with E-state index in [9.17, 15) is 4.79 Å². The molecule has 0 unspecified atom stereocenters. The van der Waals surface area contributed by atoms with Crippen LogP contribution < -0.4 is 10.2 Å². The third-order valence-electron chi connectivity index (χ3n) is 5.41.